The van der Waals surface area contributed by atoms with E-state index in [0.717, 1.165) is 33.4 Å². The lowest BCUT2D eigenvalue weighted by molar-refractivity contribution is 0.476. The molecule has 0 bridgehead atoms. The number of aromatic nitrogens is 1. The van der Waals surface area contributed by atoms with Gasteiger partial charge in [0.15, 0.2) is 0 Å². The van der Waals surface area contributed by atoms with Crippen LogP contribution in [0.5, 0.6) is 5.75 Å². The van der Waals surface area contributed by atoms with Gasteiger partial charge in [-0.25, -0.2) is 4.98 Å². The Balaban J connectivity index is 1.92. The van der Waals surface area contributed by atoms with Crippen molar-refractivity contribution < 1.29 is 5.11 Å². The van der Waals surface area contributed by atoms with Crippen LogP contribution in [0.15, 0.2) is 48.7 Å². The summed E-state index contributed by atoms with van der Waals surface area (Å²) in [6, 6.07) is 13.1. The van der Waals surface area contributed by atoms with E-state index in [4.69, 9.17) is 5.73 Å². The van der Waals surface area contributed by atoms with Gasteiger partial charge in [0.1, 0.15) is 11.6 Å². The van der Waals surface area contributed by atoms with Crippen LogP contribution in [0.4, 0.5) is 11.5 Å². The molecule has 0 aliphatic carbocycles. The van der Waals surface area contributed by atoms with Crippen LogP contribution in [-0.4, -0.2) is 10.1 Å². The van der Waals surface area contributed by atoms with Crippen LogP contribution in [0.1, 0.15) is 11.1 Å². The number of pyridine rings is 1. The number of benzene rings is 2. The maximum absolute atomic E-state index is 9.65. The maximum Gasteiger partial charge on any atom is 0.134 e. The molecule has 0 amide bonds. The third-order valence-corrected chi connectivity index (χ3v) is 3.68. The summed E-state index contributed by atoms with van der Waals surface area (Å²) in [5.74, 6) is 0.990. The molecule has 0 fully saturated rings. The molecule has 4 heteroatoms. The number of nitrogens with two attached hydrogens (primary N) is 1. The zero-order chi connectivity index (χ0) is 14.8. The summed E-state index contributed by atoms with van der Waals surface area (Å²) in [6.45, 7) is 2.65. The van der Waals surface area contributed by atoms with E-state index in [2.05, 4.69) is 10.3 Å². The van der Waals surface area contributed by atoms with E-state index < -0.39 is 0 Å². The molecule has 0 radical (unpaired) electrons. The minimum absolute atomic E-state index is 0.235. The lowest BCUT2D eigenvalue weighted by Gasteiger charge is -2.12. The first-order valence-electron chi connectivity index (χ1n) is 6.81. The lowest BCUT2D eigenvalue weighted by Crippen LogP contribution is -2.04. The van der Waals surface area contributed by atoms with E-state index in [9.17, 15) is 5.11 Å². The van der Waals surface area contributed by atoms with E-state index in [0.29, 0.717) is 6.54 Å². The van der Waals surface area contributed by atoms with Gasteiger partial charge in [0, 0.05) is 23.8 Å². The molecule has 1 heterocycles. The summed E-state index contributed by atoms with van der Waals surface area (Å²) >= 11 is 0. The molecular formula is C17H17N3O. The highest BCUT2D eigenvalue weighted by molar-refractivity contribution is 5.92. The smallest absolute Gasteiger partial charge is 0.134 e. The highest BCUT2D eigenvalue weighted by atomic mass is 16.3. The van der Waals surface area contributed by atoms with Gasteiger partial charge in [0.25, 0.3) is 0 Å². The quantitative estimate of drug-likeness (QED) is 0.642. The Morgan fingerprint density at radius 2 is 2.05 bits per heavy atom. The Morgan fingerprint density at radius 3 is 2.90 bits per heavy atom. The van der Waals surface area contributed by atoms with Crippen molar-refractivity contribution in [2.75, 3.05) is 11.1 Å². The standard InChI is InChI=1S/C17H17N3O/c1-11-13(3-2-4-16(11)18)10-20-17-15-9-14(21)6-5-12(15)7-8-19-17/h2-9,21H,10,18H2,1H3,(H,19,20). The number of aromatic hydroxyl groups is 1. The predicted octanol–water partition coefficient (Wildman–Crippen LogP) is 3.44. The first-order chi connectivity index (χ1) is 10.1. The number of nitrogens with one attached hydrogen (secondary N) is 1. The summed E-state index contributed by atoms with van der Waals surface area (Å²) in [5, 5.41) is 14.9. The van der Waals surface area contributed by atoms with Gasteiger partial charge >= 0.3 is 0 Å². The van der Waals surface area contributed by atoms with E-state index >= 15 is 0 Å². The molecule has 2 aromatic carbocycles. The molecule has 0 atom stereocenters. The molecule has 3 aromatic rings. The van der Waals surface area contributed by atoms with Gasteiger partial charge < -0.3 is 16.2 Å². The number of anilines is 2. The SMILES string of the molecule is Cc1c(N)cccc1CNc1nccc2ccc(O)cc12. The van der Waals surface area contributed by atoms with Gasteiger partial charge in [-0.1, -0.05) is 18.2 Å². The lowest BCUT2D eigenvalue weighted by atomic mass is 10.1. The Labute approximate surface area is 123 Å². The monoisotopic (exact) mass is 279 g/mol. The summed E-state index contributed by atoms with van der Waals surface area (Å²) < 4.78 is 0. The fourth-order valence-electron chi connectivity index (χ4n) is 2.37. The van der Waals surface area contributed by atoms with Gasteiger partial charge in [0.2, 0.25) is 0 Å². The Kier molecular flexibility index (Phi) is 3.36. The number of hydrogen-bond donors (Lipinski definition) is 3. The number of nitrogen functional groups attached to an aromatic ring is 1. The molecule has 0 aliphatic rings. The van der Waals surface area contributed by atoms with E-state index in [-0.39, 0.29) is 5.75 Å². The number of nitrogens with zero attached hydrogens (tertiary/aromatic N) is 1. The topological polar surface area (TPSA) is 71.2 Å². The molecule has 21 heavy (non-hydrogen) atoms. The van der Waals surface area contributed by atoms with E-state index in [1.807, 2.05) is 37.3 Å². The van der Waals surface area contributed by atoms with Crippen molar-refractivity contribution in [2.24, 2.45) is 0 Å². The summed E-state index contributed by atoms with van der Waals surface area (Å²) in [6.07, 6.45) is 1.76. The second-order valence-electron chi connectivity index (χ2n) is 5.05. The third kappa shape index (κ3) is 2.60. The molecule has 0 saturated heterocycles. The molecule has 0 aliphatic heterocycles. The van der Waals surface area contributed by atoms with Crippen LogP contribution >= 0.6 is 0 Å². The zero-order valence-corrected chi connectivity index (χ0v) is 11.8. The molecule has 4 nitrogen and oxygen atoms in total. The van der Waals surface area contributed by atoms with E-state index in [1.165, 1.54) is 0 Å². The minimum Gasteiger partial charge on any atom is -0.508 e. The first kappa shape index (κ1) is 13.2. The van der Waals surface area contributed by atoms with Crippen LogP contribution in [0.3, 0.4) is 0 Å². The highest BCUT2D eigenvalue weighted by Gasteiger charge is 2.05. The number of phenolic OH excluding ortho intramolecular Hbond substituents is 1. The normalized spacial score (nSPS) is 10.7. The highest BCUT2D eigenvalue weighted by Crippen LogP contribution is 2.26. The van der Waals surface area contributed by atoms with E-state index in [1.54, 1.807) is 18.3 Å². The maximum atomic E-state index is 9.65. The van der Waals surface area contributed by atoms with Crippen molar-refractivity contribution in [1.82, 2.24) is 4.98 Å². The third-order valence-electron chi connectivity index (χ3n) is 3.68. The van der Waals surface area contributed by atoms with Crippen LogP contribution in [0, 0.1) is 6.92 Å². The van der Waals surface area contributed by atoms with Crippen molar-refractivity contribution in [1.29, 1.82) is 0 Å². The van der Waals surface area contributed by atoms with Crippen molar-refractivity contribution in [3.05, 3.63) is 59.8 Å². The van der Waals surface area contributed by atoms with Crippen LogP contribution in [0.2, 0.25) is 0 Å². The van der Waals surface area contributed by atoms with Gasteiger partial charge in [-0.2, -0.15) is 0 Å². The number of phenols is 1. The van der Waals surface area contributed by atoms with Gasteiger partial charge in [-0.15, -0.1) is 0 Å². The molecule has 0 saturated carbocycles. The van der Waals surface area contributed by atoms with Crippen LogP contribution < -0.4 is 11.1 Å². The van der Waals surface area contributed by atoms with Crippen molar-refractivity contribution in [3.8, 4) is 5.75 Å². The van der Waals surface area contributed by atoms with Gasteiger partial charge in [-0.3, -0.25) is 0 Å². The van der Waals surface area contributed by atoms with Gasteiger partial charge in [0.05, 0.1) is 0 Å². The molecular weight excluding hydrogens is 262 g/mol. The minimum atomic E-state index is 0.235. The summed E-state index contributed by atoms with van der Waals surface area (Å²) in [4.78, 5) is 4.36. The number of hydrogen-bond acceptors (Lipinski definition) is 4. The summed E-state index contributed by atoms with van der Waals surface area (Å²) in [7, 11) is 0. The molecule has 4 N–H and O–H groups in total. The first-order valence-corrected chi connectivity index (χ1v) is 6.81. The van der Waals surface area contributed by atoms with Crippen LogP contribution in [0.25, 0.3) is 10.8 Å². The molecule has 0 unspecified atom stereocenters. The fraction of sp³-hybridized carbons (Fsp3) is 0.118. The Bertz CT molecular complexity index is 799. The largest absolute Gasteiger partial charge is 0.508 e. The Hall–Kier alpha value is -2.75. The Morgan fingerprint density at radius 1 is 1.19 bits per heavy atom. The summed E-state index contributed by atoms with van der Waals surface area (Å²) in [5.41, 5.74) is 8.92. The molecule has 106 valence electrons. The fourth-order valence-corrected chi connectivity index (χ4v) is 2.37. The van der Waals surface area contributed by atoms with Crippen LogP contribution in [-0.2, 0) is 6.54 Å². The molecule has 0 spiro atoms. The average Bonchev–Trinajstić information content (AvgIpc) is 2.49. The van der Waals surface area contributed by atoms with Gasteiger partial charge in [-0.05, 0) is 47.7 Å². The second kappa shape index (κ2) is 5.32. The predicted molar refractivity (Wildman–Crippen MR) is 86.3 cm³/mol. The van der Waals surface area contributed by atoms with Crippen molar-refractivity contribution in [2.45, 2.75) is 13.5 Å². The van der Waals surface area contributed by atoms with Crippen molar-refractivity contribution in [3.63, 3.8) is 0 Å². The average molecular weight is 279 g/mol. The number of fused-ring (bicyclic) bond motifs is 1. The zero-order valence-electron chi connectivity index (χ0n) is 11.8. The second-order valence-corrected chi connectivity index (χ2v) is 5.05. The number of rotatable bonds is 3. The molecule has 1 aromatic heterocycles. The molecule has 3 rings (SSSR count). The van der Waals surface area contributed by atoms with Crippen molar-refractivity contribution >= 4 is 22.3 Å².